The van der Waals surface area contributed by atoms with E-state index >= 15 is 0 Å². The molecule has 2 nitrogen and oxygen atoms in total. The third-order valence-electron chi connectivity index (χ3n) is 5.96. The highest BCUT2D eigenvalue weighted by atomic mass is 15.0. The van der Waals surface area contributed by atoms with Crippen molar-refractivity contribution in [2.45, 2.75) is 76.8 Å². The molecule has 1 heterocycles. The minimum atomic E-state index is 0.697. The summed E-state index contributed by atoms with van der Waals surface area (Å²) in [5.41, 5.74) is 0.697. The Labute approximate surface area is 112 Å². The SMILES string of the molecule is CC1CNCCC1NC1CCCCC12CCCC2. The van der Waals surface area contributed by atoms with Gasteiger partial charge in [0.05, 0.1) is 0 Å². The van der Waals surface area contributed by atoms with Crippen LogP contribution < -0.4 is 10.6 Å². The summed E-state index contributed by atoms with van der Waals surface area (Å²) >= 11 is 0. The van der Waals surface area contributed by atoms with Crippen LogP contribution in [-0.2, 0) is 0 Å². The quantitative estimate of drug-likeness (QED) is 0.787. The van der Waals surface area contributed by atoms with Crippen LogP contribution in [-0.4, -0.2) is 25.2 Å². The molecule has 1 aliphatic heterocycles. The molecule has 0 aromatic carbocycles. The van der Waals surface area contributed by atoms with Crippen LogP contribution in [0.2, 0.25) is 0 Å². The van der Waals surface area contributed by atoms with E-state index in [1.54, 1.807) is 0 Å². The lowest BCUT2D eigenvalue weighted by molar-refractivity contribution is 0.105. The summed E-state index contributed by atoms with van der Waals surface area (Å²) in [5, 5.41) is 7.62. The average molecular weight is 250 g/mol. The molecule has 0 bridgehead atoms. The van der Waals surface area contributed by atoms with Gasteiger partial charge in [0.25, 0.3) is 0 Å². The molecule has 0 amide bonds. The van der Waals surface area contributed by atoms with Crippen molar-refractivity contribution in [3.63, 3.8) is 0 Å². The minimum absolute atomic E-state index is 0.697. The number of rotatable bonds is 2. The molecule has 1 saturated heterocycles. The monoisotopic (exact) mass is 250 g/mol. The fourth-order valence-electron chi connectivity index (χ4n) is 4.76. The third-order valence-corrected chi connectivity index (χ3v) is 5.96. The van der Waals surface area contributed by atoms with Crippen molar-refractivity contribution in [3.05, 3.63) is 0 Å². The smallest absolute Gasteiger partial charge is 0.0126 e. The van der Waals surface area contributed by atoms with Crippen LogP contribution in [0.5, 0.6) is 0 Å². The number of piperidine rings is 1. The van der Waals surface area contributed by atoms with Crippen LogP contribution in [0.15, 0.2) is 0 Å². The molecule has 3 rings (SSSR count). The number of hydrogen-bond donors (Lipinski definition) is 2. The molecular formula is C16H30N2. The summed E-state index contributed by atoms with van der Waals surface area (Å²) in [4.78, 5) is 0. The Morgan fingerprint density at radius 2 is 1.72 bits per heavy atom. The first-order valence-electron chi connectivity index (χ1n) is 8.27. The van der Waals surface area contributed by atoms with E-state index in [1.165, 1.54) is 70.9 Å². The molecule has 2 heteroatoms. The number of nitrogens with one attached hydrogen (secondary N) is 2. The predicted octanol–water partition coefficient (Wildman–Crippen LogP) is 3.08. The van der Waals surface area contributed by atoms with Crippen LogP contribution in [0.4, 0.5) is 0 Å². The molecule has 3 aliphatic rings. The molecule has 3 unspecified atom stereocenters. The van der Waals surface area contributed by atoms with Crippen molar-refractivity contribution in [1.82, 2.24) is 10.6 Å². The Balaban J connectivity index is 1.65. The molecular weight excluding hydrogens is 220 g/mol. The Kier molecular flexibility index (Phi) is 3.95. The van der Waals surface area contributed by atoms with E-state index in [-0.39, 0.29) is 0 Å². The molecule has 2 aliphatic carbocycles. The van der Waals surface area contributed by atoms with E-state index < -0.39 is 0 Å². The number of hydrogen-bond acceptors (Lipinski definition) is 2. The van der Waals surface area contributed by atoms with Gasteiger partial charge < -0.3 is 10.6 Å². The average Bonchev–Trinajstić information content (AvgIpc) is 2.84. The van der Waals surface area contributed by atoms with Gasteiger partial charge in [0.2, 0.25) is 0 Å². The predicted molar refractivity (Wildman–Crippen MR) is 76.7 cm³/mol. The Morgan fingerprint density at radius 1 is 1.00 bits per heavy atom. The minimum Gasteiger partial charge on any atom is -0.316 e. The maximum Gasteiger partial charge on any atom is 0.0126 e. The summed E-state index contributed by atoms with van der Waals surface area (Å²) in [6, 6.07) is 1.60. The summed E-state index contributed by atoms with van der Waals surface area (Å²) < 4.78 is 0. The highest BCUT2D eigenvalue weighted by Gasteiger charge is 2.43. The molecule has 0 radical (unpaired) electrons. The van der Waals surface area contributed by atoms with E-state index in [1.807, 2.05) is 0 Å². The first-order valence-corrected chi connectivity index (χ1v) is 8.27. The second kappa shape index (κ2) is 5.50. The second-order valence-electron chi connectivity index (χ2n) is 7.11. The topological polar surface area (TPSA) is 24.1 Å². The molecule has 2 N–H and O–H groups in total. The van der Waals surface area contributed by atoms with Crippen LogP contribution in [0.1, 0.15) is 64.7 Å². The van der Waals surface area contributed by atoms with Gasteiger partial charge in [-0.25, -0.2) is 0 Å². The molecule has 3 atom stereocenters. The van der Waals surface area contributed by atoms with Crippen molar-refractivity contribution in [2.24, 2.45) is 11.3 Å². The molecule has 18 heavy (non-hydrogen) atoms. The third kappa shape index (κ3) is 2.46. The summed E-state index contributed by atoms with van der Waals surface area (Å²) in [5.74, 6) is 0.805. The fourth-order valence-corrected chi connectivity index (χ4v) is 4.76. The van der Waals surface area contributed by atoms with Gasteiger partial charge in [-0.2, -0.15) is 0 Å². The van der Waals surface area contributed by atoms with E-state index in [2.05, 4.69) is 17.6 Å². The van der Waals surface area contributed by atoms with E-state index in [0.717, 1.165) is 18.0 Å². The summed E-state index contributed by atoms with van der Waals surface area (Å²) in [6.07, 6.45) is 13.2. The van der Waals surface area contributed by atoms with Crippen LogP contribution in [0.25, 0.3) is 0 Å². The van der Waals surface area contributed by atoms with E-state index in [0.29, 0.717) is 5.41 Å². The van der Waals surface area contributed by atoms with Gasteiger partial charge in [0.15, 0.2) is 0 Å². The highest BCUT2D eigenvalue weighted by Crippen LogP contribution is 2.49. The van der Waals surface area contributed by atoms with Gasteiger partial charge >= 0.3 is 0 Å². The fraction of sp³-hybridized carbons (Fsp3) is 1.00. The lowest BCUT2D eigenvalue weighted by Crippen LogP contribution is -2.55. The molecule has 3 fully saturated rings. The normalized spacial score (nSPS) is 40.2. The van der Waals surface area contributed by atoms with Gasteiger partial charge in [0, 0.05) is 12.1 Å². The molecule has 2 saturated carbocycles. The van der Waals surface area contributed by atoms with Crippen molar-refractivity contribution < 1.29 is 0 Å². The zero-order valence-corrected chi connectivity index (χ0v) is 12.0. The van der Waals surface area contributed by atoms with E-state index in [4.69, 9.17) is 0 Å². The maximum absolute atomic E-state index is 4.10. The molecule has 104 valence electrons. The lowest BCUT2D eigenvalue weighted by atomic mass is 9.68. The highest BCUT2D eigenvalue weighted by molar-refractivity contribution is 4.99. The van der Waals surface area contributed by atoms with Gasteiger partial charge in [-0.15, -0.1) is 0 Å². The van der Waals surface area contributed by atoms with Crippen molar-refractivity contribution in [3.8, 4) is 0 Å². The zero-order valence-electron chi connectivity index (χ0n) is 12.0. The van der Waals surface area contributed by atoms with Gasteiger partial charge in [-0.3, -0.25) is 0 Å². The molecule has 1 spiro atoms. The lowest BCUT2D eigenvalue weighted by Gasteiger charge is -2.45. The van der Waals surface area contributed by atoms with Gasteiger partial charge in [0.1, 0.15) is 0 Å². The van der Waals surface area contributed by atoms with Crippen LogP contribution >= 0.6 is 0 Å². The largest absolute Gasteiger partial charge is 0.316 e. The Bertz CT molecular complexity index is 270. The van der Waals surface area contributed by atoms with Crippen LogP contribution in [0.3, 0.4) is 0 Å². The van der Waals surface area contributed by atoms with Gasteiger partial charge in [-0.05, 0) is 56.5 Å². The van der Waals surface area contributed by atoms with Crippen molar-refractivity contribution in [1.29, 1.82) is 0 Å². The second-order valence-corrected chi connectivity index (χ2v) is 7.11. The molecule has 0 aromatic rings. The Morgan fingerprint density at radius 3 is 2.44 bits per heavy atom. The first-order chi connectivity index (χ1) is 8.80. The van der Waals surface area contributed by atoms with Crippen molar-refractivity contribution >= 4 is 0 Å². The van der Waals surface area contributed by atoms with Gasteiger partial charge in [-0.1, -0.05) is 32.6 Å². The summed E-state index contributed by atoms with van der Waals surface area (Å²) in [7, 11) is 0. The van der Waals surface area contributed by atoms with E-state index in [9.17, 15) is 0 Å². The summed E-state index contributed by atoms with van der Waals surface area (Å²) in [6.45, 7) is 4.83. The zero-order chi connectivity index (χ0) is 12.4. The van der Waals surface area contributed by atoms with Crippen LogP contribution in [0, 0.1) is 11.3 Å². The first kappa shape index (κ1) is 12.9. The molecule has 0 aromatic heterocycles. The standard InChI is InChI=1S/C16H30N2/c1-13-12-17-11-7-14(13)18-15-6-2-3-8-16(15)9-4-5-10-16/h13-15,17-18H,2-12H2,1H3. The maximum atomic E-state index is 4.10. The Hall–Kier alpha value is -0.0800. The van der Waals surface area contributed by atoms with Crippen molar-refractivity contribution in [2.75, 3.05) is 13.1 Å².